The molecule has 1 atom stereocenters. The second kappa shape index (κ2) is 21.2. The van der Waals surface area contributed by atoms with Gasteiger partial charge in [0.15, 0.2) is 0 Å². The van der Waals surface area contributed by atoms with Crippen LogP contribution in [-0.2, 0) is 6.42 Å². The zero-order valence-corrected chi connectivity index (χ0v) is 25.8. The van der Waals surface area contributed by atoms with Crippen LogP contribution >= 0.6 is 0 Å². The van der Waals surface area contributed by atoms with Crippen LogP contribution in [-0.4, -0.2) is 0 Å². The van der Waals surface area contributed by atoms with Gasteiger partial charge in [0.2, 0.25) is 0 Å². The van der Waals surface area contributed by atoms with Gasteiger partial charge in [-0.25, -0.2) is 0 Å². The molecule has 1 heteroatoms. The first-order chi connectivity index (χ1) is 18.1. The van der Waals surface area contributed by atoms with E-state index in [1.54, 1.807) is 0 Å². The van der Waals surface area contributed by atoms with E-state index in [0.717, 1.165) is 17.9 Å². The maximum atomic E-state index is 5.75. The van der Waals surface area contributed by atoms with E-state index in [0.29, 0.717) is 11.6 Å². The molecular formula is C37H57N. The van der Waals surface area contributed by atoms with Crippen LogP contribution in [0.2, 0.25) is 0 Å². The lowest BCUT2D eigenvalue weighted by Gasteiger charge is -2.18. The quantitative estimate of drug-likeness (QED) is 0.264. The Morgan fingerprint density at radius 2 is 1.45 bits per heavy atom. The molecule has 0 bridgehead atoms. The minimum Gasteiger partial charge on any atom is -0.399 e. The van der Waals surface area contributed by atoms with Gasteiger partial charge in [0.1, 0.15) is 0 Å². The number of terminal acetylenes is 1. The second-order valence-corrected chi connectivity index (χ2v) is 10.7. The van der Waals surface area contributed by atoms with Crippen molar-refractivity contribution in [2.75, 3.05) is 0 Å². The molecule has 0 aliphatic rings. The fourth-order valence-corrected chi connectivity index (χ4v) is 4.54. The summed E-state index contributed by atoms with van der Waals surface area (Å²) < 4.78 is 0. The average molecular weight is 516 g/mol. The zero-order chi connectivity index (χ0) is 28.9. The summed E-state index contributed by atoms with van der Waals surface area (Å²) in [5, 5.41) is 0. The number of hydrogen-bond donors (Lipinski definition) is 1. The monoisotopic (exact) mass is 515 g/mol. The third kappa shape index (κ3) is 14.9. The lowest BCUT2D eigenvalue weighted by molar-refractivity contribution is 0.472. The topological polar surface area (TPSA) is 26.0 Å². The normalized spacial score (nSPS) is 10.9. The first-order valence-electron chi connectivity index (χ1n) is 14.9. The second-order valence-electron chi connectivity index (χ2n) is 10.7. The molecule has 0 amide bonds. The Labute approximate surface area is 237 Å². The van der Waals surface area contributed by atoms with Crippen LogP contribution in [0.1, 0.15) is 120 Å². The van der Waals surface area contributed by atoms with E-state index in [4.69, 9.17) is 12.2 Å². The van der Waals surface area contributed by atoms with Gasteiger partial charge in [0.05, 0.1) is 0 Å². The predicted octanol–water partition coefficient (Wildman–Crippen LogP) is 10.9. The molecular weight excluding hydrogens is 458 g/mol. The van der Waals surface area contributed by atoms with Crippen molar-refractivity contribution >= 4 is 11.3 Å². The van der Waals surface area contributed by atoms with Crippen molar-refractivity contribution in [1.29, 1.82) is 0 Å². The maximum absolute atomic E-state index is 5.75. The van der Waals surface area contributed by atoms with Gasteiger partial charge in [-0.05, 0) is 79.2 Å². The van der Waals surface area contributed by atoms with Crippen molar-refractivity contribution in [2.24, 2.45) is 17.6 Å². The standard InChI is InChI=1S/C17H27N.C16H24.C4H6/c1-5-6-7-13(2)8-9-16-10-11-17(15(4)18)14(3)12-16;1-5-7-15(8-6-2)14(4)16-11-9-13(3)10-12-16;1-3-4-2/h10-13H,4-9,18H2,1-3H3;9-12,15H,4-8H2,1-3H3;1H,4H2,2H3. The zero-order valence-electron chi connectivity index (χ0n) is 25.8. The summed E-state index contributed by atoms with van der Waals surface area (Å²) >= 11 is 0. The van der Waals surface area contributed by atoms with Crippen LogP contribution in [0.5, 0.6) is 0 Å². The number of nitrogens with two attached hydrogens (primary N) is 1. The van der Waals surface area contributed by atoms with Crippen LogP contribution in [0.3, 0.4) is 0 Å². The van der Waals surface area contributed by atoms with Crippen molar-refractivity contribution in [3.8, 4) is 12.3 Å². The average Bonchev–Trinajstić information content (AvgIpc) is 2.91. The number of allylic oxidation sites excluding steroid dienone is 1. The van der Waals surface area contributed by atoms with Gasteiger partial charge < -0.3 is 5.73 Å². The molecule has 0 aliphatic carbocycles. The largest absolute Gasteiger partial charge is 0.399 e. The van der Waals surface area contributed by atoms with E-state index in [-0.39, 0.29) is 0 Å². The molecule has 0 heterocycles. The highest BCUT2D eigenvalue weighted by molar-refractivity contribution is 5.65. The third-order valence-corrected chi connectivity index (χ3v) is 7.01. The molecule has 1 nitrogen and oxygen atoms in total. The highest BCUT2D eigenvalue weighted by Gasteiger charge is 2.12. The molecule has 2 rings (SSSR count). The molecule has 0 spiro atoms. The summed E-state index contributed by atoms with van der Waals surface area (Å²) in [6, 6.07) is 15.3. The fourth-order valence-electron chi connectivity index (χ4n) is 4.54. The summed E-state index contributed by atoms with van der Waals surface area (Å²) in [6.45, 7) is 23.4. The number of rotatable bonds is 13. The van der Waals surface area contributed by atoms with Crippen molar-refractivity contribution < 1.29 is 0 Å². The first-order valence-corrected chi connectivity index (χ1v) is 14.9. The highest BCUT2D eigenvalue weighted by atomic mass is 14.6. The number of aryl methyl sites for hydroxylation is 3. The lowest BCUT2D eigenvalue weighted by atomic mass is 9.87. The lowest BCUT2D eigenvalue weighted by Crippen LogP contribution is -2.02. The third-order valence-electron chi connectivity index (χ3n) is 7.01. The van der Waals surface area contributed by atoms with Gasteiger partial charge in [0.25, 0.3) is 0 Å². The van der Waals surface area contributed by atoms with Gasteiger partial charge in [-0.15, -0.1) is 12.3 Å². The molecule has 210 valence electrons. The smallest absolute Gasteiger partial charge is 0.0317 e. The Morgan fingerprint density at radius 1 is 0.868 bits per heavy atom. The van der Waals surface area contributed by atoms with Crippen molar-refractivity contribution in [2.45, 2.75) is 113 Å². The van der Waals surface area contributed by atoms with Gasteiger partial charge in [-0.3, -0.25) is 0 Å². The summed E-state index contributed by atoms with van der Waals surface area (Å²) in [7, 11) is 0. The molecule has 2 aromatic rings. The van der Waals surface area contributed by atoms with Gasteiger partial charge in [-0.1, -0.05) is 128 Å². The number of hydrogen-bond acceptors (Lipinski definition) is 1. The molecule has 1 unspecified atom stereocenters. The van der Waals surface area contributed by atoms with Crippen molar-refractivity contribution in [3.63, 3.8) is 0 Å². The molecule has 0 aromatic heterocycles. The number of benzene rings is 2. The summed E-state index contributed by atoms with van der Waals surface area (Å²) in [5.74, 6) is 3.92. The van der Waals surface area contributed by atoms with Crippen molar-refractivity contribution in [3.05, 3.63) is 83.4 Å². The Kier molecular flexibility index (Phi) is 19.7. The SMILES string of the molecule is C#CCC.C=C(N)c1ccc(CCC(C)CCCC)cc1C.C=C(c1ccc(C)cc1)C(CCC)CCC. The molecule has 0 aliphatic heterocycles. The van der Waals surface area contributed by atoms with Crippen LogP contribution in [0.15, 0.2) is 55.6 Å². The fraction of sp³-hybridized carbons (Fsp3) is 0.514. The molecule has 38 heavy (non-hydrogen) atoms. The van der Waals surface area contributed by atoms with E-state index >= 15 is 0 Å². The van der Waals surface area contributed by atoms with E-state index < -0.39 is 0 Å². The molecule has 2 N–H and O–H groups in total. The summed E-state index contributed by atoms with van der Waals surface area (Å²) in [6.07, 6.45) is 17.1. The molecule has 0 fully saturated rings. The van der Waals surface area contributed by atoms with Crippen molar-refractivity contribution in [1.82, 2.24) is 0 Å². The van der Waals surface area contributed by atoms with E-state index in [1.165, 1.54) is 85.6 Å². The minimum atomic E-state index is 0.662. The molecule has 0 saturated carbocycles. The Balaban J connectivity index is 0.000000635. The first kappa shape index (κ1) is 35.3. The van der Waals surface area contributed by atoms with Crippen LogP contribution in [0, 0.1) is 38.0 Å². The van der Waals surface area contributed by atoms with E-state index in [2.05, 4.69) is 103 Å². The molecule has 2 aromatic carbocycles. The predicted molar refractivity (Wildman–Crippen MR) is 174 cm³/mol. The van der Waals surface area contributed by atoms with Gasteiger partial charge >= 0.3 is 0 Å². The molecule has 0 saturated heterocycles. The van der Waals surface area contributed by atoms with E-state index in [9.17, 15) is 0 Å². The Bertz CT molecular complexity index is 951. The van der Waals surface area contributed by atoms with Crippen LogP contribution in [0.25, 0.3) is 11.3 Å². The Hall–Kier alpha value is -2.72. The van der Waals surface area contributed by atoms with Gasteiger partial charge in [-0.2, -0.15) is 0 Å². The number of unbranched alkanes of at least 4 members (excludes halogenated alkanes) is 1. The molecule has 0 radical (unpaired) electrons. The van der Waals surface area contributed by atoms with Crippen LogP contribution in [0.4, 0.5) is 0 Å². The van der Waals surface area contributed by atoms with E-state index in [1.807, 2.05) is 6.92 Å². The summed E-state index contributed by atoms with van der Waals surface area (Å²) in [5.41, 5.74) is 14.1. The van der Waals surface area contributed by atoms with Gasteiger partial charge in [0, 0.05) is 12.1 Å². The summed E-state index contributed by atoms with van der Waals surface area (Å²) in [4.78, 5) is 0. The Morgan fingerprint density at radius 3 is 1.89 bits per heavy atom. The maximum Gasteiger partial charge on any atom is 0.0317 e. The highest BCUT2D eigenvalue weighted by Crippen LogP contribution is 2.29. The minimum absolute atomic E-state index is 0.662. The van der Waals surface area contributed by atoms with Crippen LogP contribution < -0.4 is 5.73 Å².